The van der Waals surface area contributed by atoms with Crippen LogP contribution < -0.4 is 9.47 Å². The number of amides is 1. The summed E-state index contributed by atoms with van der Waals surface area (Å²) in [5.41, 5.74) is 1.25. The number of carbonyl (C=O) groups is 2. The van der Waals surface area contributed by atoms with Gasteiger partial charge < -0.3 is 14.3 Å². The number of ether oxygens (including phenoxy) is 2. The zero-order valence-corrected chi connectivity index (χ0v) is 13.5. The highest BCUT2D eigenvalue weighted by Crippen LogP contribution is 2.44. The van der Waals surface area contributed by atoms with Crippen LogP contribution in [0.5, 0.6) is 11.5 Å². The third-order valence-electron chi connectivity index (χ3n) is 3.61. The van der Waals surface area contributed by atoms with E-state index in [4.69, 9.17) is 9.47 Å². The molecule has 1 atom stereocenters. The first-order chi connectivity index (χ1) is 11.2. The highest BCUT2D eigenvalue weighted by molar-refractivity contribution is 7.98. The van der Waals surface area contributed by atoms with Gasteiger partial charge in [0, 0.05) is 16.5 Å². The van der Waals surface area contributed by atoms with E-state index in [1.54, 1.807) is 18.2 Å². The lowest BCUT2D eigenvalue weighted by Gasteiger charge is -2.19. The molecule has 0 aromatic heterocycles. The van der Waals surface area contributed by atoms with E-state index < -0.39 is 6.04 Å². The summed E-state index contributed by atoms with van der Waals surface area (Å²) in [6, 6.07) is 11.9. The van der Waals surface area contributed by atoms with Crippen LogP contribution in [-0.2, 0) is 4.79 Å². The molecule has 0 N–H and O–H groups in total. The van der Waals surface area contributed by atoms with E-state index in [9.17, 15) is 9.59 Å². The lowest BCUT2D eigenvalue weighted by atomic mass is 10.1. The first-order valence-corrected chi connectivity index (χ1v) is 7.74. The van der Waals surface area contributed by atoms with Crippen molar-refractivity contribution in [1.29, 1.82) is 0 Å². The van der Waals surface area contributed by atoms with Gasteiger partial charge in [-0.1, -0.05) is 18.2 Å². The van der Waals surface area contributed by atoms with E-state index in [-0.39, 0.29) is 5.91 Å². The molecule has 2 aromatic carbocycles. The zero-order valence-electron chi connectivity index (χ0n) is 12.7. The predicted octanol–water partition coefficient (Wildman–Crippen LogP) is 3.11. The molecule has 0 spiro atoms. The van der Waals surface area contributed by atoms with Gasteiger partial charge in [-0.15, -0.1) is 0 Å². The fraction of sp³-hybridized carbons (Fsp3) is 0.176. The Bertz CT molecular complexity index is 740. The second kappa shape index (κ2) is 6.34. The Morgan fingerprint density at radius 3 is 2.39 bits per heavy atom. The Morgan fingerprint density at radius 1 is 1.13 bits per heavy atom. The molecule has 2 aromatic rings. The van der Waals surface area contributed by atoms with Gasteiger partial charge in [0.15, 0.2) is 0 Å². The highest BCUT2D eigenvalue weighted by atomic mass is 32.2. The van der Waals surface area contributed by atoms with E-state index >= 15 is 0 Å². The molecule has 5 nitrogen and oxygen atoms in total. The van der Waals surface area contributed by atoms with Crippen molar-refractivity contribution in [3.8, 4) is 11.5 Å². The van der Waals surface area contributed by atoms with Crippen LogP contribution in [0.4, 0.5) is 0 Å². The maximum Gasteiger partial charge on any atom is 0.265 e. The molecule has 1 aliphatic rings. The molecule has 0 fully saturated rings. The lowest BCUT2D eigenvalue weighted by molar-refractivity contribution is -0.110. The van der Waals surface area contributed by atoms with Crippen molar-refractivity contribution in [3.63, 3.8) is 0 Å². The van der Waals surface area contributed by atoms with Gasteiger partial charge in [-0.05, 0) is 35.7 Å². The minimum atomic E-state index is -0.596. The molecule has 6 heteroatoms. The largest absolute Gasteiger partial charge is 0.497 e. The first kappa shape index (κ1) is 15.4. The Hall–Kier alpha value is -2.47. The molecule has 0 bridgehead atoms. The number of benzene rings is 2. The Labute approximate surface area is 138 Å². The van der Waals surface area contributed by atoms with Gasteiger partial charge in [0.25, 0.3) is 5.91 Å². The summed E-state index contributed by atoms with van der Waals surface area (Å²) >= 11 is 1.27. The number of nitrogens with zero attached hydrogens (tertiary/aromatic N) is 1. The van der Waals surface area contributed by atoms with Crippen molar-refractivity contribution >= 4 is 24.1 Å². The maximum absolute atomic E-state index is 12.9. The summed E-state index contributed by atoms with van der Waals surface area (Å²) in [6.07, 6.45) is 0.786. The van der Waals surface area contributed by atoms with Crippen LogP contribution in [0, 0.1) is 0 Å². The molecule has 0 radical (unpaired) electrons. The third kappa shape index (κ3) is 2.77. The summed E-state index contributed by atoms with van der Waals surface area (Å²) < 4.78 is 11.9. The van der Waals surface area contributed by atoms with E-state index in [1.807, 2.05) is 24.3 Å². The van der Waals surface area contributed by atoms with Crippen LogP contribution in [0.25, 0.3) is 0 Å². The number of fused-ring (bicyclic) bond motifs is 1. The SMILES string of the molecule is COc1cc(OC)cc(C(=O)N2Sc3ccccc3C2C=O)c1. The fourth-order valence-electron chi connectivity index (χ4n) is 2.45. The summed E-state index contributed by atoms with van der Waals surface area (Å²) in [4.78, 5) is 25.3. The standard InChI is InChI=1S/C17H15NO4S/c1-21-12-7-11(8-13(9-12)22-2)17(20)18-15(10-19)14-5-3-4-6-16(14)23-18/h3-10,15H,1-2H3. The van der Waals surface area contributed by atoms with Crippen LogP contribution >= 0.6 is 11.9 Å². The number of rotatable bonds is 4. The van der Waals surface area contributed by atoms with Crippen molar-refractivity contribution in [2.75, 3.05) is 14.2 Å². The van der Waals surface area contributed by atoms with E-state index in [2.05, 4.69) is 0 Å². The molecular formula is C17H15NO4S. The summed E-state index contributed by atoms with van der Waals surface area (Å²) in [5, 5.41) is 0. The Balaban J connectivity index is 1.97. The number of hydrogen-bond donors (Lipinski definition) is 0. The minimum Gasteiger partial charge on any atom is -0.497 e. The van der Waals surface area contributed by atoms with Gasteiger partial charge in [0.05, 0.1) is 14.2 Å². The van der Waals surface area contributed by atoms with Crippen LogP contribution in [-0.4, -0.2) is 30.7 Å². The van der Waals surface area contributed by atoms with Crippen molar-refractivity contribution < 1.29 is 19.1 Å². The molecule has 1 heterocycles. The van der Waals surface area contributed by atoms with Crippen LogP contribution in [0.15, 0.2) is 47.4 Å². The van der Waals surface area contributed by atoms with Crippen molar-refractivity contribution in [1.82, 2.24) is 4.31 Å². The topological polar surface area (TPSA) is 55.8 Å². The summed E-state index contributed by atoms with van der Waals surface area (Å²) in [6.45, 7) is 0. The van der Waals surface area contributed by atoms with Crippen LogP contribution in [0.3, 0.4) is 0 Å². The van der Waals surface area contributed by atoms with Gasteiger partial charge >= 0.3 is 0 Å². The molecule has 1 aliphatic heterocycles. The summed E-state index contributed by atoms with van der Waals surface area (Å²) in [7, 11) is 3.05. The molecule has 1 amide bonds. The quantitative estimate of drug-likeness (QED) is 0.637. The molecule has 1 unspecified atom stereocenters. The average molecular weight is 329 g/mol. The van der Waals surface area contributed by atoms with Gasteiger partial charge in [-0.25, -0.2) is 0 Å². The molecule has 118 valence electrons. The number of hydrogen-bond acceptors (Lipinski definition) is 5. The van der Waals surface area contributed by atoms with Gasteiger partial charge in [0.2, 0.25) is 0 Å². The maximum atomic E-state index is 12.9. The van der Waals surface area contributed by atoms with E-state index in [0.717, 1.165) is 16.7 Å². The lowest BCUT2D eigenvalue weighted by Crippen LogP contribution is -2.26. The normalized spacial score (nSPS) is 15.9. The fourth-order valence-corrected chi connectivity index (χ4v) is 3.56. The monoisotopic (exact) mass is 329 g/mol. The van der Waals surface area contributed by atoms with Crippen molar-refractivity contribution in [2.45, 2.75) is 10.9 Å². The summed E-state index contributed by atoms with van der Waals surface area (Å²) in [5.74, 6) is 0.787. The van der Waals surface area contributed by atoms with E-state index in [0.29, 0.717) is 17.1 Å². The van der Waals surface area contributed by atoms with Gasteiger partial charge in [-0.2, -0.15) is 0 Å². The van der Waals surface area contributed by atoms with Gasteiger partial charge in [-0.3, -0.25) is 9.10 Å². The average Bonchev–Trinajstić information content (AvgIpc) is 2.98. The van der Waals surface area contributed by atoms with Crippen LogP contribution in [0.2, 0.25) is 0 Å². The smallest absolute Gasteiger partial charge is 0.265 e. The number of carbonyl (C=O) groups excluding carboxylic acids is 2. The van der Waals surface area contributed by atoms with E-state index in [1.165, 1.54) is 30.5 Å². The Kier molecular flexibility index (Phi) is 4.25. The number of aldehydes is 1. The minimum absolute atomic E-state index is 0.263. The number of methoxy groups -OCH3 is 2. The molecule has 0 saturated heterocycles. The molecular weight excluding hydrogens is 314 g/mol. The molecule has 23 heavy (non-hydrogen) atoms. The zero-order chi connectivity index (χ0) is 16.4. The van der Waals surface area contributed by atoms with Crippen molar-refractivity contribution in [2.24, 2.45) is 0 Å². The Morgan fingerprint density at radius 2 is 1.78 bits per heavy atom. The second-order valence-corrected chi connectivity index (χ2v) is 5.96. The second-order valence-electron chi connectivity index (χ2n) is 4.94. The van der Waals surface area contributed by atoms with Crippen LogP contribution in [0.1, 0.15) is 22.0 Å². The first-order valence-electron chi connectivity index (χ1n) is 6.96. The molecule has 0 saturated carbocycles. The molecule has 3 rings (SSSR count). The van der Waals surface area contributed by atoms with Crippen molar-refractivity contribution in [3.05, 3.63) is 53.6 Å². The third-order valence-corrected chi connectivity index (χ3v) is 4.77. The molecule has 0 aliphatic carbocycles. The highest BCUT2D eigenvalue weighted by Gasteiger charge is 2.35. The predicted molar refractivity (Wildman–Crippen MR) is 86.8 cm³/mol. The van der Waals surface area contributed by atoms with Gasteiger partial charge in [0.1, 0.15) is 23.8 Å².